The fourth-order valence-electron chi connectivity index (χ4n) is 8.45. The molecule has 6 fully saturated rings. The van der Waals surface area contributed by atoms with Crippen molar-refractivity contribution in [3.8, 4) is 0 Å². The van der Waals surface area contributed by atoms with Gasteiger partial charge in [-0.2, -0.15) is 0 Å². The molecule has 0 heterocycles. The third kappa shape index (κ3) is 1.22. The molecule has 0 aromatic rings. The average Bonchev–Trinajstić information content (AvgIpc) is 3.18. The van der Waals surface area contributed by atoms with Gasteiger partial charge >= 0.3 is 0 Å². The van der Waals surface area contributed by atoms with Gasteiger partial charge < -0.3 is 0 Å². The summed E-state index contributed by atoms with van der Waals surface area (Å²) in [6.45, 7) is 0. The first-order valence-electron chi connectivity index (χ1n) is 9.62. The minimum absolute atomic E-state index is 1.08. The minimum Gasteiger partial charge on any atom is -0.0670 e. The first-order chi connectivity index (χ1) is 9.90. The van der Waals surface area contributed by atoms with Gasteiger partial charge in [-0.15, -0.1) is 0 Å². The van der Waals surface area contributed by atoms with E-state index in [2.05, 4.69) is 11.1 Å². The lowest BCUT2D eigenvalue weighted by Gasteiger charge is -2.19. The molecule has 6 aliphatic rings. The fraction of sp³-hybridized carbons (Fsp3) is 0.900. The van der Waals surface area contributed by atoms with E-state index in [-0.39, 0.29) is 0 Å². The summed E-state index contributed by atoms with van der Waals surface area (Å²) in [6.07, 6.45) is 15.8. The van der Waals surface area contributed by atoms with E-state index in [1.54, 1.807) is 64.2 Å². The summed E-state index contributed by atoms with van der Waals surface area (Å²) in [6, 6.07) is 0. The Hall–Kier alpha value is -0.260. The zero-order chi connectivity index (χ0) is 12.8. The second-order valence-corrected chi connectivity index (χ2v) is 9.18. The molecule has 0 aliphatic heterocycles. The molecule has 0 N–H and O–H groups in total. The van der Waals surface area contributed by atoms with Gasteiger partial charge in [0.25, 0.3) is 0 Å². The molecule has 0 amide bonds. The van der Waals surface area contributed by atoms with Crippen LogP contribution in [0.3, 0.4) is 0 Å². The van der Waals surface area contributed by atoms with Gasteiger partial charge in [-0.25, -0.2) is 0 Å². The molecule has 0 bridgehead atoms. The van der Waals surface area contributed by atoms with Crippen LogP contribution in [0.2, 0.25) is 0 Å². The molecule has 0 saturated heterocycles. The molecule has 6 rings (SSSR count). The molecule has 108 valence electrons. The van der Waals surface area contributed by atoms with Crippen molar-refractivity contribution in [3.63, 3.8) is 0 Å². The molecular formula is C20H28. The summed E-state index contributed by atoms with van der Waals surface area (Å²) in [5, 5.41) is 0. The van der Waals surface area contributed by atoms with Crippen LogP contribution in [-0.4, -0.2) is 0 Å². The lowest BCUT2D eigenvalue weighted by molar-refractivity contribution is 0.359. The van der Waals surface area contributed by atoms with Gasteiger partial charge in [0.15, 0.2) is 0 Å². The Morgan fingerprint density at radius 1 is 0.450 bits per heavy atom. The lowest BCUT2D eigenvalue weighted by atomic mass is 9.86. The van der Waals surface area contributed by atoms with E-state index in [9.17, 15) is 0 Å². The molecule has 0 heteroatoms. The van der Waals surface area contributed by atoms with Crippen LogP contribution < -0.4 is 0 Å². The smallest absolute Gasteiger partial charge is 0.0166 e. The molecule has 0 aromatic heterocycles. The van der Waals surface area contributed by atoms with Crippen molar-refractivity contribution in [2.45, 2.75) is 64.2 Å². The Labute approximate surface area is 123 Å². The van der Waals surface area contributed by atoms with Crippen LogP contribution in [0.4, 0.5) is 0 Å². The molecule has 0 spiro atoms. The van der Waals surface area contributed by atoms with E-state index in [0.29, 0.717) is 0 Å². The van der Waals surface area contributed by atoms with Crippen LogP contribution in [0.1, 0.15) is 64.2 Å². The molecule has 8 atom stereocenters. The maximum Gasteiger partial charge on any atom is -0.0166 e. The van der Waals surface area contributed by atoms with E-state index < -0.39 is 0 Å². The van der Waals surface area contributed by atoms with Crippen molar-refractivity contribution in [2.24, 2.45) is 47.3 Å². The van der Waals surface area contributed by atoms with Gasteiger partial charge in [0, 0.05) is 0 Å². The zero-order valence-corrected chi connectivity index (χ0v) is 12.7. The van der Waals surface area contributed by atoms with Crippen LogP contribution in [-0.2, 0) is 0 Å². The third-order valence-corrected chi connectivity index (χ3v) is 8.89. The van der Waals surface area contributed by atoms with Gasteiger partial charge in [0.05, 0.1) is 0 Å². The molecular weight excluding hydrogens is 240 g/mol. The van der Waals surface area contributed by atoms with Crippen molar-refractivity contribution in [2.75, 3.05) is 0 Å². The van der Waals surface area contributed by atoms with E-state index in [1.807, 2.05) is 0 Å². The average molecular weight is 268 g/mol. The standard InChI is InChI=1S/C20H28/c1-3-13-9-17(15-7-5-11(1)19(13)15)18-10-14-4-2-12-6-8-16(18)20(12)14/h11-16,19-20H,1-10H2/b18-17+/t11-,12+,13+,14-,15+,16-,19-,20-/m1/s1. The zero-order valence-electron chi connectivity index (χ0n) is 12.7. The number of rotatable bonds is 0. The summed E-state index contributed by atoms with van der Waals surface area (Å²) >= 11 is 0. The largest absolute Gasteiger partial charge is 0.0670 e. The lowest BCUT2D eigenvalue weighted by Crippen LogP contribution is -2.11. The second-order valence-electron chi connectivity index (χ2n) is 9.18. The predicted octanol–water partition coefficient (Wildman–Crippen LogP) is 5.20. The summed E-state index contributed by atoms with van der Waals surface area (Å²) in [7, 11) is 0. The van der Waals surface area contributed by atoms with Gasteiger partial charge in [0.2, 0.25) is 0 Å². The van der Waals surface area contributed by atoms with E-state index in [4.69, 9.17) is 0 Å². The van der Waals surface area contributed by atoms with E-state index >= 15 is 0 Å². The van der Waals surface area contributed by atoms with Gasteiger partial charge in [-0.05, 0) is 112 Å². The highest BCUT2D eigenvalue weighted by atomic mass is 14.6. The number of hydrogen-bond acceptors (Lipinski definition) is 0. The third-order valence-electron chi connectivity index (χ3n) is 8.89. The topological polar surface area (TPSA) is 0 Å². The Morgan fingerprint density at radius 3 is 1.35 bits per heavy atom. The second kappa shape index (κ2) is 3.73. The molecule has 0 unspecified atom stereocenters. The van der Waals surface area contributed by atoms with Crippen molar-refractivity contribution >= 4 is 0 Å². The first kappa shape index (κ1) is 11.3. The highest BCUT2D eigenvalue weighted by Gasteiger charge is 2.56. The quantitative estimate of drug-likeness (QED) is 0.530. The molecule has 20 heavy (non-hydrogen) atoms. The highest BCUT2D eigenvalue weighted by molar-refractivity contribution is 5.33. The number of hydrogen-bond donors (Lipinski definition) is 0. The first-order valence-corrected chi connectivity index (χ1v) is 9.62. The molecule has 6 aliphatic carbocycles. The Morgan fingerprint density at radius 2 is 0.850 bits per heavy atom. The van der Waals surface area contributed by atoms with Crippen LogP contribution >= 0.6 is 0 Å². The summed E-state index contributed by atoms with van der Waals surface area (Å²) in [5.41, 5.74) is 4.14. The van der Waals surface area contributed by atoms with Crippen molar-refractivity contribution < 1.29 is 0 Å². The summed E-state index contributed by atoms with van der Waals surface area (Å²) in [4.78, 5) is 0. The highest BCUT2D eigenvalue weighted by Crippen LogP contribution is 2.66. The normalized spacial score (nSPS) is 62.4. The van der Waals surface area contributed by atoms with E-state index in [1.165, 1.54) is 0 Å². The SMILES string of the molecule is C1C[C@@H]2C/C(=C3/C[C@@H]4CC[C@@H]5CC[C@@H]3[C@H]54)[C@H]3CC[C@H]1[C@H]23. The van der Waals surface area contributed by atoms with Gasteiger partial charge in [-0.3, -0.25) is 0 Å². The summed E-state index contributed by atoms with van der Waals surface area (Å²) in [5.74, 6) is 9.06. The molecule has 0 nitrogen and oxygen atoms in total. The van der Waals surface area contributed by atoms with Gasteiger partial charge in [-0.1, -0.05) is 11.1 Å². The predicted molar refractivity (Wildman–Crippen MR) is 81.1 cm³/mol. The van der Waals surface area contributed by atoms with Crippen molar-refractivity contribution in [1.29, 1.82) is 0 Å². The monoisotopic (exact) mass is 268 g/mol. The Bertz CT molecular complexity index is 442. The summed E-state index contributed by atoms with van der Waals surface area (Å²) < 4.78 is 0. The van der Waals surface area contributed by atoms with Crippen LogP contribution in [0, 0.1) is 47.3 Å². The molecule has 6 saturated carbocycles. The molecule has 0 aromatic carbocycles. The fourth-order valence-corrected chi connectivity index (χ4v) is 8.45. The maximum absolute atomic E-state index is 2.07. The van der Waals surface area contributed by atoms with Crippen molar-refractivity contribution in [1.82, 2.24) is 0 Å². The van der Waals surface area contributed by atoms with E-state index in [0.717, 1.165) is 47.3 Å². The van der Waals surface area contributed by atoms with Gasteiger partial charge in [0.1, 0.15) is 0 Å². The Kier molecular flexibility index (Phi) is 2.11. The van der Waals surface area contributed by atoms with Crippen molar-refractivity contribution in [3.05, 3.63) is 11.1 Å². The van der Waals surface area contributed by atoms with Crippen LogP contribution in [0.5, 0.6) is 0 Å². The Balaban J connectivity index is 1.42. The molecule has 0 radical (unpaired) electrons. The number of allylic oxidation sites excluding steroid dienone is 2. The minimum atomic E-state index is 1.08. The maximum atomic E-state index is 2.07. The van der Waals surface area contributed by atoms with Crippen LogP contribution in [0.15, 0.2) is 11.1 Å². The van der Waals surface area contributed by atoms with Crippen LogP contribution in [0.25, 0.3) is 0 Å².